The van der Waals surface area contributed by atoms with Crippen molar-refractivity contribution in [3.63, 3.8) is 0 Å². The van der Waals surface area contributed by atoms with E-state index in [-0.39, 0.29) is 5.92 Å². The third kappa shape index (κ3) is 5.10. The Labute approximate surface area is 261 Å². The molecule has 228 valence electrons. The van der Waals surface area contributed by atoms with Gasteiger partial charge in [0.25, 0.3) is 0 Å². The first-order valence-electron chi connectivity index (χ1n) is 15.5. The van der Waals surface area contributed by atoms with E-state index in [1.165, 1.54) is 6.08 Å². The molecule has 0 N–H and O–H groups in total. The van der Waals surface area contributed by atoms with Gasteiger partial charge < -0.3 is 4.74 Å². The topological polar surface area (TPSA) is 44.9 Å². The molecule has 0 saturated carbocycles. The fraction of sp³-hybridized carbons (Fsp3) is 0.263. The molecular weight excluding hydrogens is 566 g/mol. The van der Waals surface area contributed by atoms with Crippen molar-refractivity contribution in [1.29, 1.82) is 0 Å². The lowest BCUT2D eigenvalue weighted by atomic mass is 9.85. The summed E-state index contributed by atoms with van der Waals surface area (Å²) in [4.78, 5) is 4.69. The monoisotopic (exact) mass is 602 g/mol. The van der Waals surface area contributed by atoms with E-state index in [9.17, 15) is 4.39 Å². The molecule has 0 fully saturated rings. The van der Waals surface area contributed by atoms with Crippen LogP contribution in [0.3, 0.4) is 0 Å². The van der Waals surface area contributed by atoms with Crippen LogP contribution >= 0.6 is 0 Å². The molecule has 5 nitrogen and oxygen atoms in total. The summed E-state index contributed by atoms with van der Waals surface area (Å²) in [6, 6.07) is 24.6. The van der Waals surface area contributed by atoms with Crippen LogP contribution in [0.2, 0.25) is 0 Å². The molecular formula is C38H36F2N4O. The maximum Gasteiger partial charge on any atom is 0.137 e. The smallest absolute Gasteiger partial charge is 0.137 e. The Morgan fingerprint density at radius 3 is 2.47 bits per heavy atom. The fourth-order valence-electron chi connectivity index (χ4n) is 6.68. The van der Waals surface area contributed by atoms with E-state index in [1.807, 2.05) is 50.4 Å². The highest BCUT2D eigenvalue weighted by molar-refractivity contribution is 6.09. The number of aryl methyl sites for hydroxylation is 2. The van der Waals surface area contributed by atoms with Gasteiger partial charge in [0.15, 0.2) is 0 Å². The zero-order valence-corrected chi connectivity index (χ0v) is 26.2. The van der Waals surface area contributed by atoms with Crippen molar-refractivity contribution in [1.82, 2.24) is 19.3 Å². The number of pyridine rings is 1. The summed E-state index contributed by atoms with van der Waals surface area (Å²) >= 11 is 0. The number of aromatic nitrogens is 4. The first kappa shape index (κ1) is 29.0. The fourth-order valence-corrected chi connectivity index (χ4v) is 6.68. The quantitative estimate of drug-likeness (QED) is 0.191. The van der Waals surface area contributed by atoms with Crippen molar-refractivity contribution in [3.8, 4) is 23.0 Å². The molecule has 0 saturated heterocycles. The van der Waals surface area contributed by atoms with E-state index in [2.05, 4.69) is 67.8 Å². The predicted molar refractivity (Wildman–Crippen MR) is 177 cm³/mol. The van der Waals surface area contributed by atoms with Gasteiger partial charge in [-0.1, -0.05) is 38.1 Å². The molecule has 6 aromatic rings. The van der Waals surface area contributed by atoms with Gasteiger partial charge in [0.2, 0.25) is 0 Å². The summed E-state index contributed by atoms with van der Waals surface area (Å²) in [5.41, 5.74) is 7.05. The van der Waals surface area contributed by atoms with Crippen molar-refractivity contribution >= 4 is 21.8 Å². The minimum atomic E-state index is -1.27. The lowest BCUT2D eigenvalue weighted by molar-refractivity contribution is 0.251. The predicted octanol–water partition coefficient (Wildman–Crippen LogP) is 10.3. The van der Waals surface area contributed by atoms with Gasteiger partial charge in [0, 0.05) is 40.4 Å². The molecule has 1 aliphatic carbocycles. The van der Waals surface area contributed by atoms with Crippen LogP contribution in [0.15, 0.2) is 90.9 Å². The highest BCUT2D eigenvalue weighted by Gasteiger charge is 2.34. The molecule has 3 aromatic carbocycles. The van der Waals surface area contributed by atoms with Crippen molar-refractivity contribution in [2.75, 3.05) is 0 Å². The maximum atomic E-state index is 15.0. The Morgan fingerprint density at radius 2 is 1.69 bits per heavy atom. The van der Waals surface area contributed by atoms with Crippen LogP contribution in [-0.4, -0.2) is 25.5 Å². The van der Waals surface area contributed by atoms with Crippen LogP contribution < -0.4 is 4.74 Å². The number of hydrogen-bond acceptors (Lipinski definition) is 3. The number of nitrogens with zero attached hydrogens (tertiary/aromatic N) is 4. The molecule has 2 atom stereocenters. The highest BCUT2D eigenvalue weighted by Crippen LogP contribution is 2.41. The first-order chi connectivity index (χ1) is 21.7. The van der Waals surface area contributed by atoms with Crippen molar-refractivity contribution in [2.24, 2.45) is 0 Å². The molecule has 0 spiro atoms. The largest absolute Gasteiger partial charge is 0.457 e. The Hall–Kier alpha value is -4.78. The minimum absolute atomic E-state index is 0.218. The molecule has 1 aliphatic rings. The number of hydrogen-bond donors (Lipinski definition) is 0. The Bertz CT molecular complexity index is 2100. The zero-order chi connectivity index (χ0) is 31.4. The van der Waals surface area contributed by atoms with Crippen LogP contribution in [0, 0.1) is 20.8 Å². The number of benzene rings is 3. The van der Waals surface area contributed by atoms with Crippen molar-refractivity contribution < 1.29 is 13.5 Å². The third-order valence-corrected chi connectivity index (χ3v) is 8.93. The van der Waals surface area contributed by atoms with Gasteiger partial charge in [-0.25, -0.2) is 18.4 Å². The Morgan fingerprint density at radius 1 is 0.889 bits per heavy atom. The summed E-state index contributed by atoms with van der Waals surface area (Å²) in [7, 11) is 0. The van der Waals surface area contributed by atoms with Crippen LogP contribution in [0.5, 0.6) is 11.5 Å². The number of rotatable bonds is 6. The van der Waals surface area contributed by atoms with E-state index >= 15 is 4.39 Å². The summed E-state index contributed by atoms with van der Waals surface area (Å²) in [5, 5.41) is 7.04. The molecule has 7 rings (SSSR count). The average molecular weight is 603 g/mol. The summed E-state index contributed by atoms with van der Waals surface area (Å²) < 4.78 is 40.5. The second-order valence-electron chi connectivity index (χ2n) is 12.4. The molecule has 7 heteroatoms. The Kier molecular flexibility index (Phi) is 7.27. The van der Waals surface area contributed by atoms with Crippen LogP contribution in [0.25, 0.3) is 33.3 Å². The number of halogens is 2. The molecule has 0 amide bonds. The van der Waals surface area contributed by atoms with E-state index in [0.717, 1.165) is 50.1 Å². The van der Waals surface area contributed by atoms with Crippen molar-refractivity contribution in [3.05, 3.63) is 119 Å². The first-order valence-corrected chi connectivity index (χ1v) is 15.5. The Balaban J connectivity index is 1.32. The lowest BCUT2D eigenvalue weighted by Crippen LogP contribution is -2.19. The van der Waals surface area contributed by atoms with Gasteiger partial charge >= 0.3 is 0 Å². The maximum absolute atomic E-state index is 15.0. The summed E-state index contributed by atoms with van der Waals surface area (Å²) in [5.74, 6) is 1.09. The molecule has 0 radical (unpaired) electrons. The van der Waals surface area contributed by atoms with Gasteiger partial charge in [-0.15, -0.1) is 0 Å². The molecule has 0 bridgehead atoms. The van der Waals surface area contributed by atoms with Gasteiger partial charge in [-0.3, -0.25) is 4.57 Å². The molecule has 0 aliphatic heterocycles. The second kappa shape index (κ2) is 11.3. The number of allylic oxidation sites excluding steroid dienone is 2. The summed E-state index contributed by atoms with van der Waals surface area (Å²) in [6.07, 6.45) is 2.80. The van der Waals surface area contributed by atoms with E-state index in [0.29, 0.717) is 35.6 Å². The molecule has 3 heterocycles. The molecule has 45 heavy (non-hydrogen) atoms. The zero-order valence-electron chi connectivity index (χ0n) is 26.2. The van der Waals surface area contributed by atoms with Crippen LogP contribution in [0.1, 0.15) is 66.6 Å². The lowest BCUT2D eigenvalue weighted by Gasteiger charge is -2.24. The SMILES string of the molecule is Cc1ccnc(-n2c3ccccc3c3ccc(Oc4cc(C(C)C)cc(-n5nc(C)c(C6C(F)=CCC[C@@H]6F)c5C)c4)cc32)c1. The van der Waals surface area contributed by atoms with E-state index in [4.69, 9.17) is 14.8 Å². The number of fused-ring (bicyclic) bond motifs is 3. The standard InChI is InChI=1S/C38H36F2N4O/c1-22(2)26-18-27(44-25(5)37(24(4)42-44)38-32(39)10-8-11-33(38)40)20-29(19-26)45-28-13-14-31-30-9-6-7-12-34(30)43(35(31)21-28)36-17-23(3)15-16-41-36/h6-7,9-10,12-22,33,38H,8,11H2,1-5H3/t33-,38?/m0/s1. The molecule has 3 aromatic heterocycles. The number of para-hydroxylation sites is 1. The third-order valence-electron chi connectivity index (χ3n) is 8.93. The van der Waals surface area contributed by atoms with Crippen LogP contribution in [-0.2, 0) is 0 Å². The van der Waals surface area contributed by atoms with E-state index < -0.39 is 17.9 Å². The van der Waals surface area contributed by atoms with Gasteiger partial charge in [0.1, 0.15) is 29.3 Å². The molecule has 1 unspecified atom stereocenters. The minimum Gasteiger partial charge on any atom is -0.457 e. The average Bonchev–Trinajstić information content (AvgIpc) is 3.50. The van der Waals surface area contributed by atoms with E-state index in [1.54, 1.807) is 4.68 Å². The van der Waals surface area contributed by atoms with Gasteiger partial charge in [0.05, 0.1) is 28.3 Å². The van der Waals surface area contributed by atoms with Gasteiger partial charge in [-0.05, 0) is 93.1 Å². The normalized spacial score (nSPS) is 16.9. The number of alkyl halides is 1. The summed E-state index contributed by atoms with van der Waals surface area (Å²) in [6.45, 7) is 10.0. The second-order valence-corrected chi connectivity index (χ2v) is 12.4. The van der Waals surface area contributed by atoms with Gasteiger partial charge in [-0.2, -0.15) is 5.10 Å². The number of ether oxygens (including phenoxy) is 1. The highest BCUT2D eigenvalue weighted by atomic mass is 19.1. The van der Waals surface area contributed by atoms with Crippen LogP contribution in [0.4, 0.5) is 8.78 Å². The van der Waals surface area contributed by atoms with Crippen molar-refractivity contribution in [2.45, 2.75) is 65.5 Å².